The zero-order chi connectivity index (χ0) is 18.1. The van der Waals surface area contributed by atoms with Gasteiger partial charge < -0.3 is 9.84 Å². The van der Waals surface area contributed by atoms with Crippen LogP contribution in [0.5, 0.6) is 11.5 Å². The normalized spacial score (nSPS) is 15.0. The van der Waals surface area contributed by atoms with Gasteiger partial charge in [-0.25, -0.2) is 0 Å². The molecule has 1 N–H and O–H groups in total. The largest absolute Gasteiger partial charge is 0.504 e. The second-order valence-corrected chi connectivity index (χ2v) is 6.17. The van der Waals surface area contributed by atoms with Crippen LogP contribution in [0, 0.1) is 4.91 Å². The molecule has 0 aliphatic heterocycles. The van der Waals surface area contributed by atoms with Crippen molar-refractivity contribution in [3.63, 3.8) is 0 Å². The highest BCUT2D eigenvalue weighted by atomic mass is 16.5. The summed E-state index contributed by atoms with van der Waals surface area (Å²) in [4.78, 5) is 11.5. The van der Waals surface area contributed by atoms with Gasteiger partial charge in [0, 0.05) is 0 Å². The summed E-state index contributed by atoms with van der Waals surface area (Å²) >= 11 is 0. The van der Waals surface area contributed by atoms with Crippen molar-refractivity contribution in [2.45, 2.75) is 6.04 Å². The Morgan fingerprint density at radius 2 is 1.58 bits per heavy atom. The second kappa shape index (κ2) is 6.48. The molecule has 0 atom stereocenters. The fourth-order valence-electron chi connectivity index (χ4n) is 3.51. The van der Waals surface area contributed by atoms with Crippen molar-refractivity contribution in [3.05, 3.63) is 99.5 Å². The van der Waals surface area contributed by atoms with Gasteiger partial charge in [-0.05, 0) is 51.6 Å². The van der Waals surface area contributed by atoms with Crippen LogP contribution < -0.4 is 4.74 Å². The number of phenolic OH excluding ortho intramolecular Hbond substituents is 1. The molecule has 0 bridgehead atoms. The maximum absolute atomic E-state index is 11.5. The lowest BCUT2D eigenvalue weighted by molar-refractivity contribution is 0.373. The molecule has 3 aromatic carbocycles. The quantitative estimate of drug-likeness (QED) is 0.668. The van der Waals surface area contributed by atoms with Crippen LogP contribution in [0.2, 0.25) is 0 Å². The van der Waals surface area contributed by atoms with E-state index in [2.05, 4.69) is 5.18 Å². The molecule has 0 aromatic heterocycles. The Balaban J connectivity index is 1.94. The SMILES string of the molecule is COc1ccc(C=C2c3ccccc3C(N=O)c3ccccc32)cc1O. The molecule has 0 spiro atoms. The molecule has 0 fully saturated rings. The number of benzene rings is 3. The molecular formula is C22H17NO3. The number of phenols is 1. The molecular weight excluding hydrogens is 326 g/mol. The number of methoxy groups -OCH3 is 1. The van der Waals surface area contributed by atoms with Crippen molar-refractivity contribution in [3.8, 4) is 11.5 Å². The standard InChI is InChI=1S/C22H17NO3/c1-26-21-11-10-14(13-20(21)24)12-19-15-6-2-4-8-17(15)22(23-25)18-9-5-3-7-16(18)19/h2-13,22,24H,1H3. The molecule has 4 nitrogen and oxygen atoms in total. The first-order chi connectivity index (χ1) is 12.7. The summed E-state index contributed by atoms with van der Waals surface area (Å²) in [6.45, 7) is 0. The van der Waals surface area contributed by atoms with Crippen LogP contribution >= 0.6 is 0 Å². The maximum atomic E-state index is 11.5. The fraction of sp³-hybridized carbons (Fsp3) is 0.0909. The topological polar surface area (TPSA) is 58.9 Å². The third-order valence-corrected chi connectivity index (χ3v) is 4.71. The van der Waals surface area contributed by atoms with Gasteiger partial charge in [0.05, 0.1) is 7.11 Å². The molecule has 0 saturated carbocycles. The Hall–Kier alpha value is -3.40. The van der Waals surface area contributed by atoms with Gasteiger partial charge in [-0.3, -0.25) is 0 Å². The Labute approximate surface area is 151 Å². The van der Waals surface area contributed by atoms with Gasteiger partial charge in [-0.1, -0.05) is 59.8 Å². The first-order valence-electron chi connectivity index (χ1n) is 8.32. The summed E-state index contributed by atoms with van der Waals surface area (Å²) in [7, 11) is 1.52. The van der Waals surface area contributed by atoms with E-state index >= 15 is 0 Å². The van der Waals surface area contributed by atoms with E-state index in [1.807, 2.05) is 60.7 Å². The molecule has 0 amide bonds. The molecule has 0 saturated heterocycles. The third kappa shape index (κ3) is 2.56. The van der Waals surface area contributed by atoms with Crippen LogP contribution in [-0.4, -0.2) is 12.2 Å². The number of nitroso groups, excluding NO2 is 1. The minimum atomic E-state index is -0.510. The highest BCUT2D eigenvalue weighted by molar-refractivity contribution is 5.96. The smallest absolute Gasteiger partial charge is 0.160 e. The van der Waals surface area contributed by atoms with Gasteiger partial charge in [-0.2, -0.15) is 0 Å². The van der Waals surface area contributed by atoms with E-state index in [0.717, 1.165) is 33.4 Å². The van der Waals surface area contributed by atoms with Crippen molar-refractivity contribution in [1.82, 2.24) is 0 Å². The summed E-state index contributed by atoms with van der Waals surface area (Å²) < 4.78 is 5.11. The molecule has 4 heteroatoms. The zero-order valence-electron chi connectivity index (χ0n) is 14.2. The number of hydrogen-bond donors (Lipinski definition) is 1. The summed E-state index contributed by atoms with van der Waals surface area (Å²) in [5, 5.41) is 13.5. The minimum Gasteiger partial charge on any atom is -0.504 e. The van der Waals surface area contributed by atoms with Crippen LogP contribution in [0.4, 0.5) is 0 Å². The molecule has 128 valence electrons. The van der Waals surface area contributed by atoms with Gasteiger partial charge >= 0.3 is 0 Å². The Bertz CT molecular complexity index is 974. The van der Waals surface area contributed by atoms with Gasteiger partial charge in [0.15, 0.2) is 11.5 Å². The number of hydrogen-bond acceptors (Lipinski definition) is 4. The van der Waals surface area contributed by atoms with Crippen molar-refractivity contribution in [2.75, 3.05) is 7.11 Å². The second-order valence-electron chi connectivity index (χ2n) is 6.17. The van der Waals surface area contributed by atoms with Crippen molar-refractivity contribution >= 4 is 11.6 Å². The summed E-state index contributed by atoms with van der Waals surface area (Å²) in [5.74, 6) is 0.522. The minimum absolute atomic E-state index is 0.0895. The number of nitrogens with zero attached hydrogens (tertiary/aromatic N) is 1. The number of aromatic hydroxyl groups is 1. The zero-order valence-corrected chi connectivity index (χ0v) is 14.2. The molecule has 1 aliphatic rings. The van der Waals surface area contributed by atoms with E-state index in [1.54, 1.807) is 12.1 Å². The molecule has 26 heavy (non-hydrogen) atoms. The maximum Gasteiger partial charge on any atom is 0.160 e. The molecule has 4 rings (SSSR count). The lowest BCUT2D eigenvalue weighted by Gasteiger charge is -2.26. The van der Waals surface area contributed by atoms with Crippen molar-refractivity contribution < 1.29 is 9.84 Å². The number of ether oxygens (including phenoxy) is 1. The first kappa shape index (κ1) is 16.1. The Kier molecular flexibility index (Phi) is 4.01. The average molecular weight is 343 g/mol. The van der Waals surface area contributed by atoms with Gasteiger partial charge in [0.1, 0.15) is 6.04 Å². The lowest BCUT2D eigenvalue weighted by Crippen LogP contribution is -2.11. The Morgan fingerprint density at radius 3 is 2.12 bits per heavy atom. The predicted molar refractivity (Wildman–Crippen MR) is 102 cm³/mol. The Morgan fingerprint density at radius 1 is 0.962 bits per heavy atom. The highest BCUT2D eigenvalue weighted by Crippen LogP contribution is 2.44. The number of rotatable bonds is 3. The van der Waals surface area contributed by atoms with E-state index in [9.17, 15) is 10.0 Å². The molecule has 0 unspecified atom stereocenters. The van der Waals surface area contributed by atoms with Crippen LogP contribution in [0.3, 0.4) is 0 Å². The van der Waals surface area contributed by atoms with Gasteiger partial charge in [0.2, 0.25) is 0 Å². The van der Waals surface area contributed by atoms with E-state index < -0.39 is 6.04 Å². The van der Waals surface area contributed by atoms with E-state index in [4.69, 9.17) is 4.74 Å². The third-order valence-electron chi connectivity index (χ3n) is 4.71. The summed E-state index contributed by atoms with van der Waals surface area (Å²) in [5.41, 5.74) is 5.59. The lowest BCUT2D eigenvalue weighted by atomic mass is 9.79. The van der Waals surface area contributed by atoms with Gasteiger partial charge in [-0.15, -0.1) is 4.91 Å². The van der Waals surface area contributed by atoms with Crippen LogP contribution in [0.25, 0.3) is 11.6 Å². The summed E-state index contributed by atoms with van der Waals surface area (Å²) in [6.07, 6.45) is 2.01. The molecule has 0 radical (unpaired) electrons. The molecule has 0 heterocycles. The van der Waals surface area contributed by atoms with Crippen LogP contribution in [0.1, 0.15) is 33.9 Å². The molecule has 1 aliphatic carbocycles. The van der Waals surface area contributed by atoms with E-state index in [-0.39, 0.29) is 5.75 Å². The van der Waals surface area contributed by atoms with Gasteiger partial charge in [0.25, 0.3) is 0 Å². The van der Waals surface area contributed by atoms with Crippen molar-refractivity contribution in [1.29, 1.82) is 0 Å². The fourth-order valence-corrected chi connectivity index (χ4v) is 3.51. The monoisotopic (exact) mass is 343 g/mol. The predicted octanol–water partition coefficient (Wildman–Crippen LogP) is 5.16. The van der Waals surface area contributed by atoms with E-state index in [0.29, 0.717) is 5.75 Å². The number of fused-ring (bicyclic) bond motifs is 2. The average Bonchev–Trinajstić information content (AvgIpc) is 2.68. The van der Waals surface area contributed by atoms with Crippen LogP contribution in [0.15, 0.2) is 71.9 Å². The van der Waals surface area contributed by atoms with Crippen molar-refractivity contribution in [2.24, 2.45) is 5.18 Å². The molecule has 3 aromatic rings. The summed E-state index contributed by atoms with van der Waals surface area (Å²) in [6, 6.07) is 20.4. The van der Waals surface area contributed by atoms with E-state index in [1.165, 1.54) is 7.11 Å². The highest BCUT2D eigenvalue weighted by Gasteiger charge is 2.28. The van der Waals surface area contributed by atoms with Crippen LogP contribution in [-0.2, 0) is 0 Å². The first-order valence-corrected chi connectivity index (χ1v) is 8.32.